The maximum absolute atomic E-state index is 14.0. The van der Waals surface area contributed by atoms with Crippen molar-refractivity contribution in [3.8, 4) is 0 Å². The second-order valence-corrected chi connectivity index (χ2v) is 7.24. The molecule has 30 heavy (non-hydrogen) atoms. The summed E-state index contributed by atoms with van der Waals surface area (Å²) in [5.41, 5.74) is -3.88. The lowest BCUT2D eigenvalue weighted by atomic mass is 10.1. The van der Waals surface area contributed by atoms with Crippen molar-refractivity contribution in [2.45, 2.75) is 31.7 Å². The Morgan fingerprint density at radius 1 is 1.20 bits per heavy atom. The predicted molar refractivity (Wildman–Crippen MR) is 97.8 cm³/mol. The highest BCUT2D eigenvalue weighted by Gasteiger charge is 2.49. The summed E-state index contributed by atoms with van der Waals surface area (Å²) in [6, 6.07) is 2.39. The van der Waals surface area contributed by atoms with Crippen molar-refractivity contribution in [1.82, 2.24) is 19.4 Å². The van der Waals surface area contributed by atoms with E-state index in [0.29, 0.717) is 10.6 Å². The number of hydrogen-bond donors (Lipinski definition) is 2. The van der Waals surface area contributed by atoms with Gasteiger partial charge in [-0.05, 0) is 25.1 Å². The summed E-state index contributed by atoms with van der Waals surface area (Å²) in [5, 5.41) is 10.5. The van der Waals surface area contributed by atoms with Gasteiger partial charge in [0.05, 0.1) is 29.3 Å². The number of benzene rings is 1. The molecule has 1 aromatic carbocycles. The van der Waals surface area contributed by atoms with Crippen molar-refractivity contribution in [3.05, 3.63) is 74.4 Å². The summed E-state index contributed by atoms with van der Waals surface area (Å²) in [5.74, 6) is -3.47. The fourth-order valence-electron chi connectivity index (χ4n) is 3.62. The molecule has 1 saturated heterocycles. The lowest BCUT2D eigenvalue weighted by molar-refractivity contribution is -0.145. The molecule has 1 unspecified atom stereocenters. The molecule has 156 valence electrons. The molecule has 0 aliphatic carbocycles. The molecule has 0 saturated carbocycles. The number of H-pyrrole nitrogens is 1. The standard InChI is InChI=1S/C19H15F3N4O4/c1-19(30)6-15(17(28)25(19)8-14-12(22)5-10(21)7-23-14)26-16(27)11-4-9(20)2-3-13(11)24-18(26)29/h2-5,7,15,30H,6,8H2,1H3,(H,24,29)/t15-,19?/m0/s1. The van der Waals surface area contributed by atoms with Crippen LogP contribution < -0.4 is 11.2 Å². The molecule has 0 spiro atoms. The van der Waals surface area contributed by atoms with E-state index in [4.69, 9.17) is 0 Å². The van der Waals surface area contributed by atoms with Crippen molar-refractivity contribution in [3.63, 3.8) is 0 Å². The van der Waals surface area contributed by atoms with E-state index in [0.717, 1.165) is 23.2 Å². The first-order valence-corrected chi connectivity index (χ1v) is 8.86. The Labute approximate surface area is 166 Å². The number of likely N-dealkylation sites (tertiary alicyclic amines) is 1. The Kier molecular flexibility index (Phi) is 4.49. The summed E-state index contributed by atoms with van der Waals surface area (Å²) in [6.07, 6.45) is 0.400. The molecule has 1 amide bonds. The third-order valence-electron chi connectivity index (χ3n) is 5.11. The van der Waals surface area contributed by atoms with Crippen LogP contribution in [0.1, 0.15) is 25.1 Å². The zero-order chi connectivity index (χ0) is 21.8. The Balaban J connectivity index is 1.77. The molecule has 3 heterocycles. The van der Waals surface area contributed by atoms with E-state index in [-0.39, 0.29) is 23.0 Å². The molecule has 0 radical (unpaired) electrons. The predicted octanol–water partition coefficient (Wildman–Crippen LogP) is 1.18. The van der Waals surface area contributed by atoms with Gasteiger partial charge in [0.25, 0.3) is 5.56 Å². The minimum absolute atomic E-state index is 0.0919. The Hall–Kier alpha value is -3.47. The number of halogens is 3. The van der Waals surface area contributed by atoms with Crippen molar-refractivity contribution in [2.24, 2.45) is 0 Å². The Morgan fingerprint density at radius 2 is 1.93 bits per heavy atom. The van der Waals surface area contributed by atoms with E-state index < -0.39 is 52.9 Å². The smallest absolute Gasteiger partial charge is 0.329 e. The molecule has 8 nitrogen and oxygen atoms in total. The highest BCUT2D eigenvalue weighted by atomic mass is 19.1. The Bertz CT molecular complexity index is 1300. The number of aliphatic hydroxyl groups is 1. The molecule has 11 heteroatoms. The van der Waals surface area contributed by atoms with E-state index in [1.165, 1.54) is 13.0 Å². The molecule has 1 aliphatic heterocycles. The van der Waals surface area contributed by atoms with Crippen LogP contribution in [0.5, 0.6) is 0 Å². The van der Waals surface area contributed by atoms with Gasteiger partial charge in [-0.15, -0.1) is 0 Å². The molecular formula is C19H15F3N4O4. The highest BCUT2D eigenvalue weighted by molar-refractivity contribution is 5.84. The van der Waals surface area contributed by atoms with Gasteiger partial charge in [0.2, 0.25) is 5.91 Å². The van der Waals surface area contributed by atoms with Gasteiger partial charge in [0, 0.05) is 12.5 Å². The van der Waals surface area contributed by atoms with Crippen molar-refractivity contribution >= 4 is 16.8 Å². The second kappa shape index (κ2) is 6.80. The van der Waals surface area contributed by atoms with Crippen molar-refractivity contribution in [1.29, 1.82) is 0 Å². The number of aromatic nitrogens is 3. The fraction of sp³-hybridized carbons (Fsp3) is 0.263. The van der Waals surface area contributed by atoms with Gasteiger partial charge in [-0.1, -0.05) is 0 Å². The molecule has 1 fully saturated rings. The quantitative estimate of drug-likeness (QED) is 0.662. The van der Waals surface area contributed by atoms with Gasteiger partial charge >= 0.3 is 5.69 Å². The van der Waals surface area contributed by atoms with Crippen LogP contribution in [0.15, 0.2) is 40.1 Å². The van der Waals surface area contributed by atoms with Crippen LogP contribution in [-0.2, 0) is 11.3 Å². The van der Waals surface area contributed by atoms with Crippen LogP contribution in [0.2, 0.25) is 0 Å². The van der Waals surface area contributed by atoms with Crippen LogP contribution in [0.3, 0.4) is 0 Å². The number of rotatable bonds is 3. The van der Waals surface area contributed by atoms with E-state index in [1.54, 1.807) is 0 Å². The summed E-state index contributed by atoms with van der Waals surface area (Å²) in [7, 11) is 0. The summed E-state index contributed by atoms with van der Waals surface area (Å²) in [6.45, 7) is 0.746. The summed E-state index contributed by atoms with van der Waals surface area (Å²) < 4.78 is 41.2. The topological polar surface area (TPSA) is 108 Å². The lowest BCUT2D eigenvalue weighted by Gasteiger charge is -2.29. The number of nitrogens with zero attached hydrogens (tertiary/aromatic N) is 3. The number of aromatic amines is 1. The number of nitrogens with one attached hydrogen (secondary N) is 1. The van der Waals surface area contributed by atoms with E-state index in [9.17, 15) is 32.7 Å². The van der Waals surface area contributed by atoms with Crippen LogP contribution in [-0.4, -0.2) is 36.2 Å². The molecule has 0 bridgehead atoms. The molecule has 2 aromatic heterocycles. The maximum atomic E-state index is 14.0. The SMILES string of the molecule is CC1(O)C[C@H](n2c(=O)[nH]c3ccc(F)cc3c2=O)C(=O)N1Cc1ncc(F)cc1F. The van der Waals surface area contributed by atoms with Crippen LogP contribution >= 0.6 is 0 Å². The number of hydrogen-bond acceptors (Lipinski definition) is 5. The summed E-state index contributed by atoms with van der Waals surface area (Å²) in [4.78, 5) is 45.1. The first kappa shape index (κ1) is 19.8. The first-order chi connectivity index (χ1) is 14.1. The average Bonchev–Trinajstić information content (AvgIpc) is 2.88. The van der Waals surface area contributed by atoms with Gasteiger partial charge in [0.15, 0.2) is 0 Å². The molecule has 2 atom stereocenters. The minimum Gasteiger partial charge on any atom is -0.371 e. The highest BCUT2D eigenvalue weighted by Crippen LogP contribution is 2.35. The average molecular weight is 420 g/mol. The third-order valence-corrected chi connectivity index (χ3v) is 5.11. The molecular weight excluding hydrogens is 405 g/mol. The van der Waals surface area contributed by atoms with Crippen LogP contribution in [0.4, 0.5) is 13.2 Å². The molecule has 3 aromatic rings. The first-order valence-electron chi connectivity index (χ1n) is 8.86. The lowest BCUT2D eigenvalue weighted by Crippen LogP contribution is -2.44. The zero-order valence-electron chi connectivity index (χ0n) is 15.5. The normalized spacial score (nSPS) is 21.6. The minimum atomic E-state index is -1.85. The van der Waals surface area contributed by atoms with E-state index >= 15 is 0 Å². The van der Waals surface area contributed by atoms with Gasteiger partial charge < -0.3 is 15.0 Å². The third kappa shape index (κ3) is 3.16. The number of fused-ring (bicyclic) bond motifs is 1. The maximum Gasteiger partial charge on any atom is 0.329 e. The van der Waals surface area contributed by atoms with Gasteiger partial charge in [-0.25, -0.2) is 22.5 Å². The van der Waals surface area contributed by atoms with Crippen LogP contribution in [0, 0.1) is 17.5 Å². The van der Waals surface area contributed by atoms with Crippen LogP contribution in [0.25, 0.3) is 10.9 Å². The number of carbonyl (C=O) groups excluding carboxylic acids is 1. The molecule has 4 rings (SSSR count). The largest absolute Gasteiger partial charge is 0.371 e. The summed E-state index contributed by atoms with van der Waals surface area (Å²) >= 11 is 0. The monoisotopic (exact) mass is 420 g/mol. The fourth-order valence-corrected chi connectivity index (χ4v) is 3.62. The number of pyridine rings is 1. The number of amides is 1. The zero-order valence-corrected chi connectivity index (χ0v) is 15.5. The van der Waals surface area contributed by atoms with E-state index in [2.05, 4.69) is 9.97 Å². The van der Waals surface area contributed by atoms with Gasteiger partial charge in [-0.2, -0.15) is 0 Å². The molecule has 2 N–H and O–H groups in total. The van der Waals surface area contributed by atoms with Gasteiger partial charge in [0.1, 0.15) is 29.2 Å². The van der Waals surface area contributed by atoms with E-state index in [1.807, 2.05) is 0 Å². The van der Waals surface area contributed by atoms with Crippen molar-refractivity contribution < 1.29 is 23.1 Å². The van der Waals surface area contributed by atoms with Gasteiger partial charge in [-0.3, -0.25) is 14.6 Å². The number of carbonyl (C=O) groups is 1. The Morgan fingerprint density at radius 3 is 2.63 bits per heavy atom. The molecule has 1 aliphatic rings. The second-order valence-electron chi connectivity index (χ2n) is 7.24. The van der Waals surface area contributed by atoms with Crippen molar-refractivity contribution in [2.75, 3.05) is 0 Å².